The van der Waals surface area contributed by atoms with Crippen LogP contribution in [0.25, 0.3) is 0 Å². The van der Waals surface area contributed by atoms with Gasteiger partial charge in [0.05, 0.1) is 4.90 Å². The zero-order chi connectivity index (χ0) is 21.6. The molecule has 0 aliphatic heterocycles. The van der Waals surface area contributed by atoms with E-state index in [0.717, 1.165) is 11.1 Å². The number of carbonyl (C=O) groups excluding carboxylic acids is 2. The molecule has 2 aromatic rings. The first-order chi connectivity index (χ1) is 13.6. The Kier molecular flexibility index (Phi) is 7.35. The molecule has 0 saturated carbocycles. The van der Waals surface area contributed by atoms with Gasteiger partial charge < -0.3 is 14.8 Å². The van der Waals surface area contributed by atoms with Crippen molar-refractivity contribution >= 4 is 27.6 Å². The van der Waals surface area contributed by atoms with Crippen LogP contribution in [0.15, 0.2) is 41.3 Å². The molecule has 29 heavy (non-hydrogen) atoms. The van der Waals surface area contributed by atoms with Gasteiger partial charge in [0.2, 0.25) is 10.0 Å². The van der Waals surface area contributed by atoms with Crippen molar-refractivity contribution in [2.75, 3.05) is 25.6 Å². The van der Waals surface area contributed by atoms with Crippen molar-refractivity contribution in [3.05, 3.63) is 53.1 Å². The summed E-state index contributed by atoms with van der Waals surface area (Å²) in [4.78, 5) is 23.9. The fraction of sp³-hybridized carbons (Fsp3) is 0.300. The van der Waals surface area contributed by atoms with Gasteiger partial charge >= 0.3 is 5.97 Å². The molecule has 0 radical (unpaired) electrons. The lowest BCUT2D eigenvalue weighted by Crippen LogP contribution is -2.24. The lowest BCUT2D eigenvalue weighted by Gasteiger charge is -2.11. The number of aryl methyl sites for hydroxylation is 3. The molecule has 0 aliphatic carbocycles. The summed E-state index contributed by atoms with van der Waals surface area (Å²) in [7, 11) is -2.35. The molecule has 0 aliphatic rings. The number of esters is 1. The first-order valence-corrected chi connectivity index (χ1v) is 10.3. The van der Waals surface area contributed by atoms with Crippen LogP contribution >= 0.6 is 0 Å². The topological polar surface area (TPSA) is 111 Å². The second kappa shape index (κ2) is 9.53. The summed E-state index contributed by atoms with van der Waals surface area (Å²) in [6, 6.07) is 10.0. The Morgan fingerprint density at radius 3 is 2.34 bits per heavy atom. The molecule has 0 spiro atoms. The number of rotatable bonds is 8. The number of anilines is 1. The zero-order valence-electron chi connectivity index (χ0n) is 16.7. The maximum atomic E-state index is 12.0. The number of amides is 1. The summed E-state index contributed by atoms with van der Waals surface area (Å²) in [5.41, 5.74) is 2.78. The van der Waals surface area contributed by atoms with E-state index in [2.05, 4.69) is 10.0 Å². The normalized spacial score (nSPS) is 11.0. The molecule has 9 heteroatoms. The fourth-order valence-corrected chi connectivity index (χ4v) is 3.55. The number of ether oxygens (including phenoxy) is 2. The van der Waals surface area contributed by atoms with Gasteiger partial charge in [-0.1, -0.05) is 23.8 Å². The smallest absolute Gasteiger partial charge is 0.344 e. The minimum atomic E-state index is -3.66. The highest BCUT2D eigenvalue weighted by Gasteiger charge is 2.16. The lowest BCUT2D eigenvalue weighted by atomic mass is 10.1. The van der Waals surface area contributed by atoms with E-state index in [9.17, 15) is 18.0 Å². The number of sulfonamides is 1. The van der Waals surface area contributed by atoms with Crippen molar-refractivity contribution in [3.8, 4) is 5.75 Å². The van der Waals surface area contributed by atoms with Gasteiger partial charge in [-0.05, 0) is 57.1 Å². The van der Waals surface area contributed by atoms with Crippen LogP contribution in [0.1, 0.15) is 16.7 Å². The molecule has 1 amide bonds. The SMILES string of the molecule is CNS(=O)(=O)c1cc(NC(=O)COC(=O)COc2ccc(C)cc2C)ccc1C. The Labute approximate surface area is 170 Å². The molecule has 0 bridgehead atoms. The highest BCUT2D eigenvalue weighted by Crippen LogP contribution is 2.20. The monoisotopic (exact) mass is 420 g/mol. The van der Waals surface area contributed by atoms with E-state index in [0.29, 0.717) is 11.3 Å². The van der Waals surface area contributed by atoms with E-state index in [-0.39, 0.29) is 17.2 Å². The molecule has 2 aromatic carbocycles. The predicted molar refractivity (Wildman–Crippen MR) is 108 cm³/mol. The van der Waals surface area contributed by atoms with E-state index < -0.39 is 28.5 Å². The van der Waals surface area contributed by atoms with E-state index >= 15 is 0 Å². The van der Waals surface area contributed by atoms with Crippen molar-refractivity contribution in [2.45, 2.75) is 25.7 Å². The van der Waals surface area contributed by atoms with Crippen LogP contribution in [0.5, 0.6) is 5.75 Å². The van der Waals surface area contributed by atoms with Gasteiger partial charge in [-0.25, -0.2) is 17.9 Å². The molecule has 0 atom stereocenters. The van der Waals surface area contributed by atoms with Crippen LogP contribution < -0.4 is 14.8 Å². The number of nitrogens with one attached hydrogen (secondary N) is 2. The van der Waals surface area contributed by atoms with Crippen molar-refractivity contribution in [1.82, 2.24) is 4.72 Å². The van der Waals surface area contributed by atoms with Crippen molar-refractivity contribution in [3.63, 3.8) is 0 Å². The first-order valence-electron chi connectivity index (χ1n) is 8.82. The molecular formula is C20H24N2O6S. The molecule has 2 N–H and O–H groups in total. The average Bonchev–Trinajstić information content (AvgIpc) is 2.67. The molecule has 2 rings (SSSR count). The summed E-state index contributed by atoms with van der Waals surface area (Å²) in [6.07, 6.45) is 0. The highest BCUT2D eigenvalue weighted by atomic mass is 32.2. The third-order valence-corrected chi connectivity index (χ3v) is 5.63. The standard InChI is InChI=1S/C20H24N2O6S/c1-13-5-8-17(15(3)9-13)27-12-20(24)28-11-19(23)22-16-7-6-14(2)18(10-16)29(25,26)21-4/h5-10,21H,11-12H2,1-4H3,(H,22,23). The van der Waals surface area contributed by atoms with Crippen LogP contribution in [-0.2, 0) is 24.3 Å². The van der Waals surface area contributed by atoms with E-state index in [1.165, 1.54) is 13.1 Å². The van der Waals surface area contributed by atoms with Gasteiger partial charge in [0.1, 0.15) is 5.75 Å². The van der Waals surface area contributed by atoms with Crippen molar-refractivity contribution < 1.29 is 27.5 Å². The van der Waals surface area contributed by atoms with Gasteiger partial charge in [0, 0.05) is 5.69 Å². The number of benzene rings is 2. The molecule has 0 saturated heterocycles. The van der Waals surface area contributed by atoms with Crippen LogP contribution in [0, 0.1) is 20.8 Å². The van der Waals surface area contributed by atoms with Gasteiger partial charge in [-0.15, -0.1) is 0 Å². The number of carbonyl (C=O) groups is 2. The molecule has 0 unspecified atom stereocenters. The molecule has 8 nitrogen and oxygen atoms in total. The quantitative estimate of drug-likeness (QED) is 0.633. The van der Waals surface area contributed by atoms with Gasteiger partial charge in [0.15, 0.2) is 13.2 Å². The largest absolute Gasteiger partial charge is 0.482 e. The van der Waals surface area contributed by atoms with Gasteiger partial charge in [-0.3, -0.25) is 4.79 Å². The van der Waals surface area contributed by atoms with Gasteiger partial charge in [-0.2, -0.15) is 0 Å². The average molecular weight is 420 g/mol. The minimum Gasteiger partial charge on any atom is -0.482 e. The van der Waals surface area contributed by atoms with Crippen LogP contribution in [0.4, 0.5) is 5.69 Å². The highest BCUT2D eigenvalue weighted by molar-refractivity contribution is 7.89. The summed E-state index contributed by atoms with van der Waals surface area (Å²) >= 11 is 0. The third kappa shape index (κ3) is 6.30. The Morgan fingerprint density at radius 1 is 0.966 bits per heavy atom. The Balaban J connectivity index is 1.88. The molecule has 0 fully saturated rings. The summed E-state index contributed by atoms with van der Waals surface area (Å²) < 4.78 is 36.5. The number of hydrogen-bond donors (Lipinski definition) is 2. The second-order valence-corrected chi connectivity index (χ2v) is 8.31. The maximum Gasteiger partial charge on any atom is 0.344 e. The van der Waals surface area contributed by atoms with Crippen molar-refractivity contribution in [1.29, 1.82) is 0 Å². The Morgan fingerprint density at radius 2 is 1.69 bits per heavy atom. The van der Waals surface area contributed by atoms with Crippen LogP contribution in [0.3, 0.4) is 0 Å². The Hall–Kier alpha value is -2.91. The third-order valence-electron chi connectivity index (χ3n) is 4.07. The summed E-state index contributed by atoms with van der Waals surface area (Å²) in [6.45, 7) is 4.62. The van der Waals surface area contributed by atoms with Crippen LogP contribution in [-0.4, -0.2) is 40.6 Å². The maximum absolute atomic E-state index is 12.0. The summed E-state index contributed by atoms with van der Waals surface area (Å²) in [5, 5.41) is 2.50. The first kappa shape index (κ1) is 22.4. The fourth-order valence-electron chi connectivity index (χ4n) is 2.56. The molecular weight excluding hydrogens is 396 g/mol. The number of hydrogen-bond acceptors (Lipinski definition) is 6. The van der Waals surface area contributed by atoms with Crippen LogP contribution in [0.2, 0.25) is 0 Å². The van der Waals surface area contributed by atoms with E-state index in [4.69, 9.17) is 9.47 Å². The Bertz CT molecular complexity index is 1020. The summed E-state index contributed by atoms with van der Waals surface area (Å²) in [5.74, 6) is -0.723. The van der Waals surface area contributed by atoms with E-state index in [1.54, 1.807) is 25.1 Å². The second-order valence-electron chi connectivity index (χ2n) is 6.45. The molecule has 0 heterocycles. The molecule has 0 aromatic heterocycles. The predicted octanol–water partition coefficient (Wildman–Crippen LogP) is 2.08. The zero-order valence-corrected chi connectivity index (χ0v) is 17.6. The molecule has 156 valence electrons. The minimum absolute atomic E-state index is 0.0525. The van der Waals surface area contributed by atoms with Gasteiger partial charge in [0.25, 0.3) is 5.91 Å². The lowest BCUT2D eigenvalue weighted by molar-refractivity contribution is -0.149. The van der Waals surface area contributed by atoms with Crippen molar-refractivity contribution in [2.24, 2.45) is 0 Å². The van der Waals surface area contributed by atoms with E-state index in [1.807, 2.05) is 26.0 Å².